The number of nitrogens with one attached hydrogen (secondary N) is 1. The molecule has 3 rings (SSSR count). The van der Waals surface area contributed by atoms with Crippen molar-refractivity contribution in [3.63, 3.8) is 0 Å². The van der Waals surface area contributed by atoms with Crippen molar-refractivity contribution >= 4 is 37.5 Å². The van der Waals surface area contributed by atoms with E-state index in [2.05, 4.69) is 37.2 Å². The molecule has 1 N–H and O–H groups in total. The van der Waals surface area contributed by atoms with Gasteiger partial charge in [-0.1, -0.05) is 22.0 Å². The zero-order chi connectivity index (χ0) is 13.4. The molecule has 0 heterocycles. The van der Waals surface area contributed by atoms with Crippen LogP contribution in [0.1, 0.15) is 23.6 Å². The first kappa shape index (κ1) is 13.1. The topological polar surface area (TPSA) is 12.0 Å². The van der Waals surface area contributed by atoms with Crippen LogP contribution in [-0.4, -0.2) is 0 Å². The van der Waals surface area contributed by atoms with Gasteiger partial charge in [-0.05, 0) is 70.2 Å². The van der Waals surface area contributed by atoms with Gasteiger partial charge in [0.05, 0.1) is 6.04 Å². The van der Waals surface area contributed by atoms with Gasteiger partial charge in [-0.2, -0.15) is 0 Å². The smallest absolute Gasteiger partial charge is 0.123 e. The van der Waals surface area contributed by atoms with Crippen molar-refractivity contribution in [2.24, 2.45) is 0 Å². The lowest BCUT2D eigenvalue weighted by molar-refractivity contribution is 0.626. The zero-order valence-corrected chi connectivity index (χ0v) is 13.3. The second-order valence-corrected chi connectivity index (χ2v) is 6.47. The number of aryl methyl sites for hydroxylation is 1. The molecule has 0 fully saturated rings. The lowest BCUT2D eigenvalue weighted by Gasteiger charge is -2.17. The summed E-state index contributed by atoms with van der Waals surface area (Å²) < 4.78 is 15.3. The highest BCUT2D eigenvalue weighted by molar-refractivity contribution is 9.11. The molecule has 1 aliphatic rings. The maximum atomic E-state index is 13.2. The zero-order valence-electron chi connectivity index (χ0n) is 10.1. The van der Waals surface area contributed by atoms with E-state index in [0.717, 1.165) is 33.0 Å². The molecule has 0 aromatic heterocycles. The minimum atomic E-state index is -0.149. The van der Waals surface area contributed by atoms with E-state index in [4.69, 9.17) is 0 Å². The molecule has 1 nitrogen and oxygen atoms in total. The van der Waals surface area contributed by atoms with Gasteiger partial charge in [0.25, 0.3) is 0 Å². The number of hydrogen-bond acceptors (Lipinski definition) is 1. The molecule has 2 aromatic rings. The summed E-state index contributed by atoms with van der Waals surface area (Å²) in [5.74, 6) is -0.149. The second-order valence-electron chi connectivity index (χ2n) is 4.70. The van der Waals surface area contributed by atoms with Gasteiger partial charge in [0, 0.05) is 14.6 Å². The Bertz CT molecular complexity index is 628. The molecule has 1 unspecified atom stereocenters. The first-order valence-electron chi connectivity index (χ1n) is 6.13. The average molecular weight is 385 g/mol. The monoisotopic (exact) mass is 383 g/mol. The highest BCUT2D eigenvalue weighted by atomic mass is 79.9. The Morgan fingerprint density at radius 2 is 1.95 bits per heavy atom. The van der Waals surface area contributed by atoms with Crippen LogP contribution in [0.25, 0.3) is 0 Å². The first-order valence-corrected chi connectivity index (χ1v) is 7.72. The van der Waals surface area contributed by atoms with E-state index in [1.54, 1.807) is 6.07 Å². The summed E-state index contributed by atoms with van der Waals surface area (Å²) in [4.78, 5) is 0. The molecule has 0 saturated carbocycles. The Kier molecular flexibility index (Phi) is 3.63. The Morgan fingerprint density at radius 3 is 2.74 bits per heavy atom. The van der Waals surface area contributed by atoms with E-state index < -0.39 is 0 Å². The van der Waals surface area contributed by atoms with Crippen molar-refractivity contribution in [1.29, 1.82) is 0 Å². The fourth-order valence-electron chi connectivity index (χ4n) is 2.53. The number of rotatable bonds is 2. The normalized spacial score (nSPS) is 17.3. The molecule has 0 aliphatic heterocycles. The summed E-state index contributed by atoms with van der Waals surface area (Å²) in [6.07, 6.45) is 1.93. The van der Waals surface area contributed by atoms with Crippen LogP contribution in [0.3, 0.4) is 0 Å². The van der Waals surface area contributed by atoms with Crippen LogP contribution in [0.15, 0.2) is 45.3 Å². The third-order valence-corrected chi connectivity index (χ3v) is 4.59. The van der Waals surface area contributed by atoms with E-state index in [1.165, 1.54) is 11.6 Å². The molecule has 19 heavy (non-hydrogen) atoms. The molecule has 98 valence electrons. The second kappa shape index (κ2) is 5.25. The van der Waals surface area contributed by atoms with Gasteiger partial charge in [-0.3, -0.25) is 0 Å². The summed E-state index contributed by atoms with van der Waals surface area (Å²) >= 11 is 7.00. The number of fused-ring (bicyclic) bond motifs is 1. The largest absolute Gasteiger partial charge is 0.377 e. The van der Waals surface area contributed by atoms with Crippen LogP contribution in [-0.2, 0) is 6.42 Å². The summed E-state index contributed by atoms with van der Waals surface area (Å²) in [5, 5.41) is 3.52. The highest BCUT2D eigenvalue weighted by Gasteiger charge is 2.23. The SMILES string of the molecule is Fc1ccc2c(c1)CCC2Nc1ccc(Br)cc1Br. The summed E-state index contributed by atoms with van der Waals surface area (Å²) in [6, 6.07) is 11.4. The maximum Gasteiger partial charge on any atom is 0.123 e. The van der Waals surface area contributed by atoms with Crippen molar-refractivity contribution in [2.75, 3.05) is 5.32 Å². The van der Waals surface area contributed by atoms with Crippen LogP contribution >= 0.6 is 31.9 Å². The predicted molar refractivity (Wildman–Crippen MR) is 82.9 cm³/mol. The minimum Gasteiger partial charge on any atom is -0.377 e. The lowest BCUT2D eigenvalue weighted by Crippen LogP contribution is -2.07. The van der Waals surface area contributed by atoms with Crippen LogP contribution < -0.4 is 5.32 Å². The van der Waals surface area contributed by atoms with Gasteiger partial charge in [0.2, 0.25) is 0 Å². The first-order chi connectivity index (χ1) is 9.13. The molecule has 0 spiro atoms. The summed E-state index contributed by atoms with van der Waals surface area (Å²) in [7, 11) is 0. The van der Waals surface area contributed by atoms with Crippen molar-refractivity contribution in [1.82, 2.24) is 0 Å². The Balaban J connectivity index is 1.86. The number of hydrogen-bond donors (Lipinski definition) is 1. The van der Waals surface area contributed by atoms with E-state index >= 15 is 0 Å². The van der Waals surface area contributed by atoms with Crippen molar-refractivity contribution in [2.45, 2.75) is 18.9 Å². The van der Waals surface area contributed by atoms with Gasteiger partial charge in [0.15, 0.2) is 0 Å². The number of benzene rings is 2. The van der Waals surface area contributed by atoms with Crippen LogP contribution in [0.4, 0.5) is 10.1 Å². The average Bonchev–Trinajstić information content (AvgIpc) is 2.75. The van der Waals surface area contributed by atoms with Gasteiger partial charge in [0.1, 0.15) is 5.82 Å². The Morgan fingerprint density at radius 1 is 1.11 bits per heavy atom. The van der Waals surface area contributed by atoms with Crippen molar-refractivity contribution in [3.05, 3.63) is 62.3 Å². The molecule has 1 aliphatic carbocycles. The van der Waals surface area contributed by atoms with Crippen molar-refractivity contribution in [3.8, 4) is 0 Å². The summed E-state index contributed by atoms with van der Waals surface area (Å²) in [5.41, 5.74) is 3.38. The molecular formula is C15H12Br2FN. The minimum absolute atomic E-state index is 0.149. The maximum absolute atomic E-state index is 13.2. The lowest BCUT2D eigenvalue weighted by atomic mass is 10.1. The Hall–Kier alpha value is -0.870. The molecule has 0 radical (unpaired) electrons. The van der Waals surface area contributed by atoms with E-state index in [9.17, 15) is 4.39 Å². The fourth-order valence-corrected chi connectivity index (χ4v) is 3.69. The quantitative estimate of drug-likeness (QED) is 0.725. The van der Waals surface area contributed by atoms with Crippen LogP contribution in [0.2, 0.25) is 0 Å². The van der Waals surface area contributed by atoms with E-state index in [-0.39, 0.29) is 11.9 Å². The number of anilines is 1. The molecule has 0 bridgehead atoms. The fraction of sp³-hybridized carbons (Fsp3) is 0.200. The molecule has 0 amide bonds. The molecule has 2 aromatic carbocycles. The molecule has 0 saturated heterocycles. The summed E-state index contributed by atoms with van der Waals surface area (Å²) in [6.45, 7) is 0. The Labute approximate surface area is 128 Å². The third-order valence-electron chi connectivity index (χ3n) is 3.44. The highest BCUT2D eigenvalue weighted by Crippen LogP contribution is 2.36. The molecule has 1 atom stereocenters. The van der Waals surface area contributed by atoms with Crippen molar-refractivity contribution < 1.29 is 4.39 Å². The number of halogens is 3. The van der Waals surface area contributed by atoms with E-state index in [1.807, 2.05) is 24.3 Å². The predicted octanol–water partition coefficient (Wildman–Crippen LogP) is 5.45. The van der Waals surface area contributed by atoms with Crippen LogP contribution in [0.5, 0.6) is 0 Å². The molecular weight excluding hydrogens is 373 g/mol. The van der Waals surface area contributed by atoms with Gasteiger partial charge < -0.3 is 5.32 Å². The standard InChI is InChI=1S/C15H12Br2FN/c16-10-2-6-15(13(17)8-10)19-14-5-1-9-7-11(18)3-4-12(9)14/h2-4,6-8,14,19H,1,5H2. The van der Waals surface area contributed by atoms with E-state index in [0.29, 0.717) is 0 Å². The van der Waals surface area contributed by atoms with Gasteiger partial charge in [-0.15, -0.1) is 0 Å². The van der Waals surface area contributed by atoms with Gasteiger partial charge >= 0.3 is 0 Å². The van der Waals surface area contributed by atoms with Gasteiger partial charge in [-0.25, -0.2) is 4.39 Å². The van der Waals surface area contributed by atoms with Crippen LogP contribution in [0, 0.1) is 5.82 Å². The molecule has 4 heteroatoms. The third kappa shape index (κ3) is 2.70.